The molecular formula is C15H20IN5. The highest BCUT2D eigenvalue weighted by atomic mass is 127. The minimum atomic E-state index is 0. The summed E-state index contributed by atoms with van der Waals surface area (Å²) in [6, 6.07) is 12.6. The lowest BCUT2D eigenvalue weighted by Gasteiger charge is -2.16. The van der Waals surface area contributed by atoms with Crippen LogP contribution >= 0.6 is 24.0 Å². The van der Waals surface area contributed by atoms with Gasteiger partial charge in [0.2, 0.25) is 0 Å². The Labute approximate surface area is 141 Å². The van der Waals surface area contributed by atoms with E-state index in [2.05, 4.69) is 10.1 Å². The molecule has 1 aliphatic rings. The molecule has 0 unspecified atom stereocenters. The molecule has 0 atom stereocenters. The van der Waals surface area contributed by atoms with Gasteiger partial charge in [-0.1, -0.05) is 18.2 Å². The van der Waals surface area contributed by atoms with Gasteiger partial charge in [0.15, 0.2) is 5.96 Å². The van der Waals surface area contributed by atoms with E-state index in [1.54, 1.807) is 0 Å². The van der Waals surface area contributed by atoms with Gasteiger partial charge >= 0.3 is 0 Å². The van der Waals surface area contributed by atoms with Crippen LogP contribution in [-0.2, 0) is 6.54 Å². The van der Waals surface area contributed by atoms with Crippen LogP contribution in [0.4, 0.5) is 0 Å². The molecule has 0 amide bonds. The zero-order valence-electron chi connectivity index (χ0n) is 12.0. The molecule has 3 rings (SSSR count). The van der Waals surface area contributed by atoms with Gasteiger partial charge in [-0.15, -0.1) is 24.0 Å². The van der Waals surface area contributed by atoms with Crippen molar-refractivity contribution in [3.63, 3.8) is 0 Å². The van der Waals surface area contributed by atoms with E-state index in [9.17, 15) is 0 Å². The van der Waals surface area contributed by atoms with Gasteiger partial charge in [-0.25, -0.2) is 9.67 Å². The van der Waals surface area contributed by atoms with Gasteiger partial charge in [-0.3, -0.25) is 0 Å². The number of hydrogen-bond donors (Lipinski definition) is 1. The minimum Gasteiger partial charge on any atom is -0.370 e. The van der Waals surface area contributed by atoms with Crippen LogP contribution in [0.15, 0.2) is 47.6 Å². The highest BCUT2D eigenvalue weighted by Gasteiger charge is 2.27. The summed E-state index contributed by atoms with van der Waals surface area (Å²) in [6.07, 6.45) is 4.38. The average molecular weight is 397 g/mol. The molecule has 0 bridgehead atoms. The maximum atomic E-state index is 5.97. The Morgan fingerprint density at radius 3 is 2.71 bits per heavy atom. The fourth-order valence-corrected chi connectivity index (χ4v) is 2.09. The van der Waals surface area contributed by atoms with Crippen LogP contribution in [-0.4, -0.2) is 33.7 Å². The highest BCUT2D eigenvalue weighted by Crippen LogP contribution is 2.24. The van der Waals surface area contributed by atoms with E-state index in [-0.39, 0.29) is 24.0 Å². The molecule has 5 nitrogen and oxygen atoms in total. The first-order valence-electron chi connectivity index (χ1n) is 6.87. The van der Waals surface area contributed by atoms with Gasteiger partial charge in [0, 0.05) is 19.3 Å². The molecule has 2 aromatic rings. The third-order valence-corrected chi connectivity index (χ3v) is 3.52. The predicted octanol–water partition coefficient (Wildman–Crippen LogP) is 2.40. The number of guanidine groups is 1. The van der Waals surface area contributed by atoms with E-state index in [4.69, 9.17) is 5.73 Å². The van der Waals surface area contributed by atoms with Gasteiger partial charge in [0.25, 0.3) is 0 Å². The third-order valence-electron chi connectivity index (χ3n) is 3.52. The van der Waals surface area contributed by atoms with Gasteiger partial charge in [0.05, 0.1) is 17.9 Å². The van der Waals surface area contributed by atoms with Crippen LogP contribution in [0.25, 0.3) is 5.69 Å². The molecule has 1 aliphatic carbocycles. The smallest absolute Gasteiger partial charge is 0.191 e. The zero-order chi connectivity index (χ0) is 13.9. The first kappa shape index (κ1) is 15.8. The maximum absolute atomic E-state index is 5.97. The SMILES string of the molecule is CN(C(N)=NCc1ccn(-c2ccccc2)n1)C1CC1.I. The van der Waals surface area contributed by atoms with Crippen LogP contribution < -0.4 is 5.73 Å². The Morgan fingerprint density at radius 1 is 1.33 bits per heavy atom. The topological polar surface area (TPSA) is 59.4 Å². The van der Waals surface area contributed by atoms with Gasteiger partial charge in [-0.05, 0) is 31.0 Å². The number of nitrogens with zero attached hydrogens (tertiary/aromatic N) is 4. The first-order valence-corrected chi connectivity index (χ1v) is 6.87. The molecule has 1 heterocycles. The molecule has 0 spiro atoms. The molecule has 1 aromatic heterocycles. The third kappa shape index (κ3) is 3.96. The summed E-state index contributed by atoms with van der Waals surface area (Å²) in [7, 11) is 2.00. The fourth-order valence-electron chi connectivity index (χ4n) is 2.09. The second kappa shape index (κ2) is 6.93. The summed E-state index contributed by atoms with van der Waals surface area (Å²) in [5, 5.41) is 4.51. The van der Waals surface area contributed by atoms with Crippen molar-refractivity contribution in [1.29, 1.82) is 0 Å². The molecule has 1 fully saturated rings. The van der Waals surface area contributed by atoms with Crippen molar-refractivity contribution in [2.24, 2.45) is 10.7 Å². The lowest BCUT2D eigenvalue weighted by Crippen LogP contribution is -2.35. The van der Waals surface area contributed by atoms with E-state index in [1.165, 1.54) is 12.8 Å². The molecule has 21 heavy (non-hydrogen) atoms. The van der Waals surface area contributed by atoms with Crippen LogP contribution in [0.3, 0.4) is 0 Å². The molecule has 1 saturated carbocycles. The number of para-hydroxylation sites is 1. The van der Waals surface area contributed by atoms with Crippen molar-refractivity contribution < 1.29 is 0 Å². The normalized spacial score (nSPS) is 14.6. The van der Waals surface area contributed by atoms with Crippen molar-refractivity contribution in [1.82, 2.24) is 14.7 Å². The summed E-state index contributed by atoms with van der Waals surface area (Å²) in [5.41, 5.74) is 7.93. The monoisotopic (exact) mass is 397 g/mol. The van der Waals surface area contributed by atoms with Gasteiger partial charge < -0.3 is 10.6 Å². The fraction of sp³-hybridized carbons (Fsp3) is 0.333. The molecule has 0 radical (unpaired) electrons. The van der Waals surface area contributed by atoms with Crippen molar-refractivity contribution in [2.75, 3.05) is 7.05 Å². The number of rotatable bonds is 4. The van der Waals surface area contributed by atoms with Crippen LogP contribution in [0.5, 0.6) is 0 Å². The van der Waals surface area contributed by atoms with Crippen molar-refractivity contribution in [3.05, 3.63) is 48.3 Å². The number of hydrogen-bond acceptors (Lipinski definition) is 2. The van der Waals surface area contributed by atoms with E-state index in [1.807, 2.05) is 59.2 Å². The number of nitrogens with two attached hydrogens (primary N) is 1. The summed E-state index contributed by atoms with van der Waals surface area (Å²) in [6.45, 7) is 0.517. The van der Waals surface area contributed by atoms with E-state index >= 15 is 0 Å². The van der Waals surface area contributed by atoms with Crippen molar-refractivity contribution in [2.45, 2.75) is 25.4 Å². The quantitative estimate of drug-likeness (QED) is 0.490. The molecule has 112 valence electrons. The standard InChI is InChI=1S/C15H19N5.HI/c1-19(13-7-8-13)15(16)17-11-12-9-10-20(18-12)14-5-3-2-4-6-14;/h2-6,9-10,13H,7-8,11H2,1H3,(H2,16,17);1H. The van der Waals surface area contributed by atoms with Gasteiger partial charge in [-0.2, -0.15) is 5.10 Å². The maximum Gasteiger partial charge on any atom is 0.191 e. The first-order chi connectivity index (χ1) is 9.74. The van der Waals surface area contributed by atoms with Crippen molar-refractivity contribution >= 4 is 29.9 Å². The molecule has 6 heteroatoms. The Bertz CT molecular complexity index is 604. The Balaban J connectivity index is 0.00000161. The second-order valence-corrected chi connectivity index (χ2v) is 5.10. The van der Waals surface area contributed by atoms with E-state index < -0.39 is 0 Å². The number of benzene rings is 1. The molecule has 2 N–H and O–H groups in total. The summed E-state index contributed by atoms with van der Waals surface area (Å²) in [5.74, 6) is 0.599. The summed E-state index contributed by atoms with van der Waals surface area (Å²) in [4.78, 5) is 6.46. The second-order valence-electron chi connectivity index (χ2n) is 5.10. The average Bonchev–Trinajstić information content (AvgIpc) is 3.23. The molecule has 0 saturated heterocycles. The Hall–Kier alpha value is -1.57. The summed E-state index contributed by atoms with van der Waals surface area (Å²) >= 11 is 0. The predicted molar refractivity (Wildman–Crippen MR) is 95.1 cm³/mol. The molecule has 0 aliphatic heterocycles. The van der Waals surface area contributed by atoms with Crippen molar-refractivity contribution in [3.8, 4) is 5.69 Å². The molecule has 1 aromatic carbocycles. The lowest BCUT2D eigenvalue weighted by atomic mass is 10.3. The van der Waals surface area contributed by atoms with Crippen LogP contribution in [0.2, 0.25) is 0 Å². The van der Waals surface area contributed by atoms with Crippen LogP contribution in [0, 0.1) is 0 Å². The van der Waals surface area contributed by atoms with E-state index in [0.717, 1.165) is 11.4 Å². The Kier molecular flexibility index (Phi) is 5.22. The number of halogens is 1. The Morgan fingerprint density at radius 2 is 2.05 bits per heavy atom. The number of aromatic nitrogens is 2. The summed E-state index contributed by atoms with van der Waals surface area (Å²) < 4.78 is 1.85. The highest BCUT2D eigenvalue weighted by molar-refractivity contribution is 14.0. The molecular weight excluding hydrogens is 377 g/mol. The lowest BCUT2D eigenvalue weighted by molar-refractivity contribution is 0.487. The van der Waals surface area contributed by atoms with Gasteiger partial charge in [0.1, 0.15) is 0 Å². The largest absolute Gasteiger partial charge is 0.370 e. The minimum absolute atomic E-state index is 0. The number of aliphatic imine (C=N–C) groups is 1. The van der Waals surface area contributed by atoms with E-state index in [0.29, 0.717) is 18.5 Å². The zero-order valence-corrected chi connectivity index (χ0v) is 14.3. The van der Waals surface area contributed by atoms with Crippen LogP contribution in [0.1, 0.15) is 18.5 Å².